The third kappa shape index (κ3) is 5.25. The second-order valence-electron chi connectivity index (χ2n) is 4.40. The molecule has 9 heteroatoms. The Morgan fingerprint density at radius 3 is 2.68 bits per heavy atom. The average molecular weight is 287 g/mol. The van der Waals surface area contributed by atoms with Crippen molar-refractivity contribution in [3.63, 3.8) is 0 Å². The van der Waals surface area contributed by atoms with Gasteiger partial charge in [0.2, 0.25) is 11.1 Å². The number of hydrogen-bond donors (Lipinski definition) is 2. The van der Waals surface area contributed by atoms with E-state index < -0.39 is 5.97 Å². The summed E-state index contributed by atoms with van der Waals surface area (Å²) in [5, 5.41) is 22.4. The van der Waals surface area contributed by atoms with Crippen LogP contribution in [0.4, 0.5) is 0 Å². The van der Waals surface area contributed by atoms with Gasteiger partial charge in [0.25, 0.3) is 0 Å². The Balaban J connectivity index is 2.46. The van der Waals surface area contributed by atoms with Gasteiger partial charge in [-0.3, -0.25) is 9.59 Å². The molecular weight excluding hydrogens is 270 g/mol. The number of amides is 1. The average Bonchev–Trinajstić information content (AvgIpc) is 2.72. The van der Waals surface area contributed by atoms with Crippen LogP contribution in [0.1, 0.15) is 20.8 Å². The Morgan fingerprint density at radius 2 is 2.11 bits per heavy atom. The molecule has 0 bridgehead atoms. The number of nitrogens with zero attached hydrogens (tertiary/aromatic N) is 4. The first-order valence-electron chi connectivity index (χ1n) is 5.80. The summed E-state index contributed by atoms with van der Waals surface area (Å²) in [6.45, 7) is 5.65. The van der Waals surface area contributed by atoms with Gasteiger partial charge in [0, 0.05) is 6.04 Å². The van der Waals surface area contributed by atoms with Gasteiger partial charge in [-0.1, -0.05) is 25.6 Å². The zero-order valence-electron chi connectivity index (χ0n) is 11.0. The topological polar surface area (TPSA) is 110 Å². The first-order chi connectivity index (χ1) is 8.90. The highest BCUT2D eigenvalue weighted by Gasteiger charge is 2.14. The molecule has 0 fully saturated rings. The summed E-state index contributed by atoms with van der Waals surface area (Å²) >= 11 is 1.11. The first kappa shape index (κ1) is 15.4. The van der Waals surface area contributed by atoms with Crippen LogP contribution in [0, 0.1) is 5.92 Å². The molecule has 1 unspecified atom stereocenters. The third-order valence-electron chi connectivity index (χ3n) is 2.51. The SMILES string of the molecule is CC(C)C(C)NC(=O)CSc1nnnn1CC(=O)O. The molecule has 0 radical (unpaired) electrons. The van der Waals surface area contributed by atoms with Crippen LogP contribution in [-0.4, -0.2) is 49.0 Å². The molecule has 0 saturated heterocycles. The molecule has 1 amide bonds. The zero-order valence-corrected chi connectivity index (χ0v) is 11.8. The van der Waals surface area contributed by atoms with Crippen molar-refractivity contribution in [3.05, 3.63) is 0 Å². The molecule has 1 rings (SSSR count). The van der Waals surface area contributed by atoms with Crippen LogP contribution in [0.3, 0.4) is 0 Å². The Labute approximate surface area is 114 Å². The minimum Gasteiger partial charge on any atom is -0.480 e. The van der Waals surface area contributed by atoms with E-state index >= 15 is 0 Å². The minimum atomic E-state index is -1.04. The summed E-state index contributed by atoms with van der Waals surface area (Å²) in [5.41, 5.74) is 0. The van der Waals surface area contributed by atoms with Crippen molar-refractivity contribution in [1.29, 1.82) is 0 Å². The van der Waals surface area contributed by atoms with Crippen LogP contribution < -0.4 is 5.32 Å². The molecule has 0 spiro atoms. The molecule has 0 saturated carbocycles. The second kappa shape index (κ2) is 7.07. The number of tetrazole rings is 1. The molecular formula is C10H17N5O3S. The number of carboxylic acids is 1. The summed E-state index contributed by atoms with van der Waals surface area (Å²) in [4.78, 5) is 22.2. The van der Waals surface area contributed by atoms with Gasteiger partial charge >= 0.3 is 5.97 Å². The minimum absolute atomic E-state index is 0.0862. The lowest BCUT2D eigenvalue weighted by molar-refractivity contribution is -0.138. The van der Waals surface area contributed by atoms with Gasteiger partial charge < -0.3 is 10.4 Å². The number of rotatable bonds is 7. The van der Waals surface area contributed by atoms with E-state index in [2.05, 4.69) is 20.8 Å². The normalized spacial score (nSPS) is 12.4. The summed E-state index contributed by atoms with van der Waals surface area (Å²) in [6, 6.07) is 0.0862. The van der Waals surface area contributed by atoms with Crippen LogP contribution >= 0.6 is 11.8 Å². The van der Waals surface area contributed by atoms with Crippen molar-refractivity contribution in [2.45, 2.75) is 38.5 Å². The molecule has 1 heterocycles. The van der Waals surface area contributed by atoms with E-state index in [1.54, 1.807) is 0 Å². The van der Waals surface area contributed by atoms with Gasteiger partial charge in [-0.05, 0) is 23.3 Å². The van der Waals surface area contributed by atoms with Crippen LogP contribution in [-0.2, 0) is 16.1 Å². The van der Waals surface area contributed by atoms with Gasteiger partial charge in [-0.2, -0.15) is 0 Å². The van der Waals surface area contributed by atoms with Gasteiger partial charge in [-0.25, -0.2) is 4.68 Å². The third-order valence-corrected chi connectivity index (χ3v) is 3.46. The Kier molecular flexibility index (Phi) is 5.74. The number of carbonyl (C=O) groups excluding carboxylic acids is 1. The Morgan fingerprint density at radius 1 is 1.42 bits per heavy atom. The van der Waals surface area contributed by atoms with E-state index in [0.717, 1.165) is 16.4 Å². The molecule has 0 aliphatic carbocycles. The van der Waals surface area contributed by atoms with Gasteiger partial charge in [-0.15, -0.1) is 5.10 Å². The summed E-state index contributed by atoms with van der Waals surface area (Å²) in [5.74, 6) is -0.661. The molecule has 8 nitrogen and oxygen atoms in total. The Hall–Kier alpha value is -1.64. The summed E-state index contributed by atoms with van der Waals surface area (Å²) in [7, 11) is 0. The predicted molar refractivity (Wildman–Crippen MR) is 68.6 cm³/mol. The van der Waals surface area contributed by atoms with Crippen LogP contribution in [0.5, 0.6) is 0 Å². The van der Waals surface area contributed by atoms with Gasteiger partial charge in [0.15, 0.2) is 0 Å². The Bertz CT molecular complexity index is 448. The van der Waals surface area contributed by atoms with E-state index in [9.17, 15) is 9.59 Å². The molecule has 1 aromatic heterocycles. The first-order valence-corrected chi connectivity index (χ1v) is 6.78. The van der Waals surface area contributed by atoms with Crippen LogP contribution in [0.2, 0.25) is 0 Å². The summed E-state index contributed by atoms with van der Waals surface area (Å²) in [6.07, 6.45) is 0. The number of carboxylic acid groups (broad SMARTS) is 1. The van der Waals surface area contributed by atoms with E-state index in [1.165, 1.54) is 0 Å². The lowest BCUT2D eigenvalue weighted by Crippen LogP contribution is -2.37. The molecule has 1 atom stereocenters. The summed E-state index contributed by atoms with van der Waals surface area (Å²) < 4.78 is 1.14. The number of thioether (sulfide) groups is 1. The number of nitrogens with one attached hydrogen (secondary N) is 1. The molecule has 19 heavy (non-hydrogen) atoms. The fraction of sp³-hybridized carbons (Fsp3) is 0.700. The standard InChI is InChI=1S/C10H17N5O3S/c1-6(2)7(3)11-8(16)5-19-10-12-13-14-15(10)4-9(17)18/h6-7H,4-5H2,1-3H3,(H,11,16)(H,17,18). The highest BCUT2D eigenvalue weighted by molar-refractivity contribution is 7.99. The van der Waals surface area contributed by atoms with E-state index in [4.69, 9.17) is 5.11 Å². The number of carbonyl (C=O) groups is 2. The lowest BCUT2D eigenvalue weighted by atomic mass is 10.1. The van der Waals surface area contributed by atoms with E-state index in [1.807, 2.05) is 20.8 Å². The second-order valence-corrected chi connectivity index (χ2v) is 5.34. The highest BCUT2D eigenvalue weighted by atomic mass is 32.2. The zero-order chi connectivity index (χ0) is 14.4. The van der Waals surface area contributed by atoms with Crippen LogP contribution in [0.15, 0.2) is 5.16 Å². The number of aliphatic carboxylic acids is 1. The van der Waals surface area contributed by atoms with Gasteiger partial charge in [0.05, 0.1) is 5.75 Å². The monoisotopic (exact) mass is 287 g/mol. The number of aromatic nitrogens is 4. The van der Waals surface area contributed by atoms with E-state index in [0.29, 0.717) is 11.1 Å². The smallest absolute Gasteiger partial charge is 0.325 e. The van der Waals surface area contributed by atoms with Crippen molar-refractivity contribution < 1.29 is 14.7 Å². The fourth-order valence-corrected chi connectivity index (χ4v) is 1.81. The highest BCUT2D eigenvalue weighted by Crippen LogP contribution is 2.13. The van der Waals surface area contributed by atoms with E-state index in [-0.39, 0.29) is 24.2 Å². The maximum Gasteiger partial charge on any atom is 0.325 e. The van der Waals surface area contributed by atoms with Crippen molar-refractivity contribution >= 4 is 23.6 Å². The molecule has 106 valence electrons. The predicted octanol–water partition coefficient (Wildman–Crippen LogP) is 0.0105. The maximum absolute atomic E-state index is 11.7. The van der Waals surface area contributed by atoms with Crippen molar-refractivity contribution in [2.24, 2.45) is 5.92 Å². The molecule has 1 aromatic rings. The molecule has 0 aliphatic rings. The molecule has 2 N–H and O–H groups in total. The van der Waals surface area contributed by atoms with Crippen LogP contribution in [0.25, 0.3) is 0 Å². The maximum atomic E-state index is 11.7. The van der Waals surface area contributed by atoms with Crippen molar-refractivity contribution in [2.75, 3.05) is 5.75 Å². The van der Waals surface area contributed by atoms with Crippen molar-refractivity contribution in [3.8, 4) is 0 Å². The molecule has 0 aromatic carbocycles. The largest absolute Gasteiger partial charge is 0.480 e. The van der Waals surface area contributed by atoms with Gasteiger partial charge in [0.1, 0.15) is 6.54 Å². The quantitative estimate of drug-likeness (QED) is 0.680. The van der Waals surface area contributed by atoms with Crippen molar-refractivity contribution in [1.82, 2.24) is 25.5 Å². The fourth-order valence-electron chi connectivity index (χ4n) is 1.12. The lowest BCUT2D eigenvalue weighted by Gasteiger charge is -2.16. The number of hydrogen-bond acceptors (Lipinski definition) is 6. The molecule has 0 aliphatic heterocycles.